The molecule has 1 aromatic heterocycles. The number of aromatic nitrogens is 1. The first kappa shape index (κ1) is 11.6. The maximum atomic E-state index is 9.11. The third-order valence-electron chi connectivity index (χ3n) is 2.77. The molecule has 2 rings (SSSR count). The summed E-state index contributed by atoms with van der Waals surface area (Å²) in [4.78, 5) is 6.11. The van der Waals surface area contributed by atoms with Gasteiger partial charge < -0.3 is 14.7 Å². The topological polar surface area (TPSA) is 45.6 Å². The van der Waals surface area contributed by atoms with E-state index in [4.69, 9.17) is 21.4 Å². The van der Waals surface area contributed by atoms with Gasteiger partial charge >= 0.3 is 0 Å². The van der Waals surface area contributed by atoms with E-state index in [1.165, 1.54) is 0 Å². The maximum Gasteiger partial charge on any atom is 0.0981 e. The van der Waals surface area contributed by atoms with Crippen molar-refractivity contribution in [3.8, 4) is 0 Å². The Balaban J connectivity index is 2.21. The molecule has 0 aliphatic carbocycles. The largest absolute Gasteiger partial charge is 0.394 e. The molecule has 0 saturated carbocycles. The van der Waals surface area contributed by atoms with Crippen LogP contribution in [0.25, 0.3) is 0 Å². The third-order valence-corrected chi connectivity index (χ3v) is 3.06. The van der Waals surface area contributed by atoms with Crippen LogP contribution in [-0.4, -0.2) is 42.0 Å². The fourth-order valence-corrected chi connectivity index (χ4v) is 2.09. The second kappa shape index (κ2) is 4.99. The highest BCUT2D eigenvalue weighted by Crippen LogP contribution is 2.28. The number of hydrogen-bond acceptors (Lipinski definition) is 4. The van der Waals surface area contributed by atoms with Gasteiger partial charge in [0.2, 0.25) is 0 Å². The highest BCUT2D eigenvalue weighted by molar-refractivity contribution is 6.33. The van der Waals surface area contributed by atoms with Gasteiger partial charge in [-0.25, -0.2) is 0 Å². The molecular weight excluding hydrogens is 228 g/mol. The van der Waals surface area contributed by atoms with Gasteiger partial charge in [-0.3, -0.25) is 4.98 Å². The van der Waals surface area contributed by atoms with Crippen molar-refractivity contribution < 1.29 is 9.84 Å². The Morgan fingerprint density at radius 3 is 3.19 bits per heavy atom. The normalized spacial score (nSPS) is 25.8. The highest BCUT2D eigenvalue weighted by atomic mass is 35.5. The summed E-state index contributed by atoms with van der Waals surface area (Å²) in [5.74, 6) is 0. The lowest BCUT2D eigenvalue weighted by Gasteiger charge is -2.39. The Morgan fingerprint density at radius 2 is 2.50 bits per heavy atom. The van der Waals surface area contributed by atoms with Crippen molar-refractivity contribution in [2.45, 2.75) is 19.1 Å². The molecule has 1 aliphatic rings. The van der Waals surface area contributed by atoms with E-state index >= 15 is 0 Å². The number of nitrogens with zero attached hydrogens (tertiary/aromatic N) is 2. The first-order chi connectivity index (χ1) is 7.72. The van der Waals surface area contributed by atoms with Crippen molar-refractivity contribution in [2.75, 3.05) is 24.7 Å². The molecule has 2 atom stereocenters. The molecule has 1 aromatic rings. The molecule has 1 saturated heterocycles. The molecule has 0 radical (unpaired) electrons. The molecule has 0 bridgehead atoms. The molecule has 2 heterocycles. The second-order valence-corrected chi connectivity index (χ2v) is 4.37. The quantitative estimate of drug-likeness (QED) is 0.850. The van der Waals surface area contributed by atoms with Gasteiger partial charge in [0.1, 0.15) is 0 Å². The number of ether oxygens (including phenoxy) is 1. The average Bonchev–Trinajstić information content (AvgIpc) is 2.31. The Hall–Kier alpha value is -0.840. The minimum Gasteiger partial charge on any atom is -0.394 e. The molecule has 1 aliphatic heterocycles. The smallest absolute Gasteiger partial charge is 0.0981 e. The van der Waals surface area contributed by atoms with E-state index < -0.39 is 0 Å². The van der Waals surface area contributed by atoms with Gasteiger partial charge in [0.05, 0.1) is 30.0 Å². The number of hydrogen-bond donors (Lipinski definition) is 1. The molecule has 16 heavy (non-hydrogen) atoms. The van der Waals surface area contributed by atoms with Crippen LogP contribution < -0.4 is 4.90 Å². The predicted octanol–water partition coefficient (Wildman–Crippen LogP) is 1.32. The minimum atomic E-state index is -0.138. The Morgan fingerprint density at radius 1 is 1.69 bits per heavy atom. The van der Waals surface area contributed by atoms with E-state index in [9.17, 15) is 0 Å². The molecule has 1 N–H and O–H groups in total. The SMILES string of the molecule is CC1COC(CO)CN1c1ccncc1Cl. The number of aliphatic hydroxyl groups is 1. The standard InChI is InChI=1S/C11H15ClN2O2/c1-8-7-16-9(6-15)5-14(8)11-2-3-13-4-10(11)12/h2-4,8-9,15H,5-7H2,1H3. The molecule has 0 amide bonds. The first-order valence-electron chi connectivity index (χ1n) is 5.31. The van der Waals surface area contributed by atoms with Gasteiger partial charge in [-0.15, -0.1) is 0 Å². The van der Waals surface area contributed by atoms with Crippen LogP contribution >= 0.6 is 11.6 Å². The lowest BCUT2D eigenvalue weighted by molar-refractivity contribution is -0.0103. The molecule has 0 spiro atoms. The zero-order valence-electron chi connectivity index (χ0n) is 9.14. The zero-order valence-corrected chi connectivity index (χ0v) is 9.89. The first-order valence-corrected chi connectivity index (χ1v) is 5.68. The third kappa shape index (κ3) is 2.29. The molecule has 1 fully saturated rings. The molecule has 88 valence electrons. The monoisotopic (exact) mass is 242 g/mol. The van der Waals surface area contributed by atoms with Crippen LogP contribution in [0.3, 0.4) is 0 Å². The van der Waals surface area contributed by atoms with E-state index in [1.54, 1.807) is 12.4 Å². The number of pyridine rings is 1. The summed E-state index contributed by atoms with van der Waals surface area (Å²) in [6, 6.07) is 2.14. The van der Waals surface area contributed by atoms with Gasteiger partial charge in [-0.1, -0.05) is 11.6 Å². The number of aliphatic hydroxyl groups excluding tert-OH is 1. The summed E-state index contributed by atoms with van der Waals surface area (Å²) in [5, 5.41) is 9.75. The van der Waals surface area contributed by atoms with Crippen molar-refractivity contribution >= 4 is 17.3 Å². The van der Waals surface area contributed by atoms with Crippen molar-refractivity contribution in [3.05, 3.63) is 23.5 Å². The van der Waals surface area contributed by atoms with Gasteiger partial charge in [-0.05, 0) is 13.0 Å². The van der Waals surface area contributed by atoms with Crippen LogP contribution in [0.15, 0.2) is 18.5 Å². The number of halogens is 1. The average molecular weight is 243 g/mol. The van der Waals surface area contributed by atoms with Crippen LogP contribution in [0, 0.1) is 0 Å². The lowest BCUT2D eigenvalue weighted by atomic mass is 10.2. The van der Waals surface area contributed by atoms with Crippen LogP contribution in [0.1, 0.15) is 6.92 Å². The maximum absolute atomic E-state index is 9.11. The Labute approximate surface area is 99.8 Å². The predicted molar refractivity (Wildman–Crippen MR) is 62.9 cm³/mol. The fourth-order valence-electron chi connectivity index (χ4n) is 1.86. The number of anilines is 1. The van der Waals surface area contributed by atoms with Crippen LogP contribution in [0.2, 0.25) is 5.02 Å². The van der Waals surface area contributed by atoms with Crippen LogP contribution in [0.5, 0.6) is 0 Å². The van der Waals surface area contributed by atoms with E-state index in [-0.39, 0.29) is 18.8 Å². The van der Waals surface area contributed by atoms with Crippen molar-refractivity contribution in [2.24, 2.45) is 0 Å². The summed E-state index contributed by atoms with van der Waals surface area (Å²) in [7, 11) is 0. The van der Waals surface area contributed by atoms with E-state index in [2.05, 4.69) is 16.8 Å². The molecule has 0 aromatic carbocycles. The van der Waals surface area contributed by atoms with Gasteiger partial charge in [0.25, 0.3) is 0 Å². The lowest BCUT2D eigenvalue weighted by Crippen LogP contribution is -2.49. The number of morpholine rings is 1. The summed E-state index contributed by atoms with van der Waals surface area (Å²) >= 11 is 6.11. The highest BCUT2D eigenvalue weighted by Gasteiger charge is 2.26. The zero-order chi connectivity index (χ0) is 11.5. The second-order valence-electron chi connectivity index (χ2n) is 3.97. The molecule has 4 nitrogen and oxygen atoms in total. The van der Waals surface area contributed by atoms with Crippen molar-refractivity contribution in [1.82, 2.24) is 4.98 Å². The summed E-state index contributed by atoms with van der Waals surface area (Å²) in [5.41, 5.74) is 0.950. The molecule has 5 heteroatoms. The van der Waals surface area contributed by atoms with Gasteiger partial charge in [0.15, 0.2) is 0 Å². The summed E-state index contributed by atoms with van der Waals surface area (Å²) in [6.45, 7) is 3.36. The van der Waals surface area contributed by atoms with Crippen molar-refractivity contribution in [1.29, 1.82) is 0 Å². The van der Waals surface area contributed by atoms with Crippen LogP contribution in [0.4, 0.5) is 5.69 Å². The Kier molecular flexibility index (Phi) is 3.63. The van der Waals surface area contributed by atoms with Crippen molar-refractivity contribution in [3.63, 3.8) is 0 Å². The Bertz CT molecular complexity index is 362. The van der Waals surface area contributed by atoms with Gasteiger partial charge in [0, 0.05) is 25.0 Å². The molecular formula is C11H15ClN2O2. The summed E-state index contributed by atoms with van der Waals surface area (Å²) in [6.07, 6.45) is 3.21. The van der Waals surface area contributed by atoms with E-state index in [1.807, 2.05) is 6.07 Å². The molecule has 2 unspecified atom stereocenters. The van der Waals surface area contributed by atoms with E-state index in [0.29, 0.717) is 18.2 Å². The number of rotatable bonds is 2. The van der Waals surface area contributed by atoms with E-state index in [0.717, 1.165) is 5.69 Å². The minimum absolute atomic E-state index is 0.0337. The fraction of sp³-hybridized carbons (Fsp3) is 0.545. The summed E-state index contributed by atoms with van der Waals surface area (Å²) < 4.78 is 5.48. The van der Waals surface area contributed by atoms with Crippen LogP contribution in [-0.2, 0) is 4.74 Å². The van der Waals surface area contributed by atoms with Gasteiger partial charge in [-0.2, -0.15) is 0 Å².